The van der Waals surface area contributed by atoms with E-state index >= 15 is 0 Å². The number of aliphatic hydroxyl groups is 2. The molecule has 0 unspecified atom stereocenters. The topological polar surface area (TPSA) is 89.8 Å². The van der Waals surface area contributed by atoms with E-state index in [4.69, 9.17) is 10.3 Å². The fraction of sp³-hybridized carbons (Fsp3) is 0.438. The number of carbonyl (C=O) groups is 1. The van der Waals surface area contributed by atoms with Gasteiger partial charge in [-0.15, -0.1) is 0 Å². The molecule has 1 rings (SSSR count). The van der Waals surface area contributed by atoms with Gasteiger partial charge in [0, 0.05) is 18.4 Å². The third-order valence-electron chi connectivity index (χ3n) is 3.02. The van der Waals surface area contributed by atoms with Crippen molar-refractivity contribution in [1.29, 1.82) is 0 Å². The van der Waals surface area contributed by atoms with E-state index in [1.54, 1.807) is 5.48 Å². The van der Waals surface area contributed by atoms with E-state index in [0.29, 0.717) is 25.7 Å². The summed E-state index contributed by atoms with van der Waals surface area (Å²) in [4.78, 5) is 10.8. The van der Waals surface area contributed by atoms with Gasteiger partial charge in [0.25, 0.3) is 0 Å². The molecule has 1 atom stereocenters. The van der Waals surface area contributed by atoms with Crippen LogP contribution in [0.15, 0.2) is 24.3 Å². The van der Waals surface area contributed by atoms with Gasteiger partial charge in [-0.3, -0.25) is 10.0 Å². The number of amides is 1. The molecule has 0 radical (unpaired) electrons. The van der Waals surface area contributed by atoms with Crippen LogP contribution in [0.3, 0.4) is 0 Å². The van der Waals surface area contributed by atoms with E-state index < -0.39 is 12.0 Å². The van der Waals surface area contributed by atoms with Crippen molar-refractivity contribution in [3.8, 4) is 11.8 Å². The van der Waals surface area contributed by atoms with Crippen LogP contribution in [0.2, 0.25) is 0 Å². The van der Waals surface area contributed by atoms with E-state index in [-0.39, 0.29) is 13.0 Å². The van der Waals surface area contributed by atoms with Gasteiger partial charge in [-0.05, 0) is 30.5 Å². The number of carbonyl (C=O) groups excluding carboxylic acids is 1. The molecule has 4 N–H and O–H groups in total. The number of unbranched alkanes of at least 4 members (excludes halogenated alkanes) is 1. The van der Waals surface area contributed by atoms with Crippen LogP contribution in [-0.4, -0.2) is 27.9 Å². The van der Waals surface area contributed by atoms with E-state index in [2.05, 4.69) is 11.8 Å². The second kappa shape index (κ2) is 9.94. The van der Waals surface area contributed by atoms with Crippen molar-refractivity contribution >= 4 is 5.91 Å². The SMILES string of the molecule is O=C(CCCC[C@@H](O)c1ccc(C#CCCO)cc1)NO. The summed E-state index contributed by atoms with van der Waals surface area (Å²) in [6.45, 7) is 0.0537. The molecule has 0 aromatic heterocycles. The molecule has 0 spiro atoms. The first-order valence-corrected chi connectivity index (χ1v) is 6.98. The standard InChI is InChI=1S/C16H21NO4/c18-12-4-3-5-13-8-10-14(11-9-13)15(19)6-1-2-7-16(20)17-21/h8-11,15,18-19,21H,1-2,4,6-7,12H2,(H,17,20)/t15-/m1/s1. The molecule has 0 saturated heterocycles. The third kappa shape index (κ3) is 6.91. The number of benzene rings is 1. The van der Waals surface area contributed by atoms with Gasteiger partial charge in [0.2, 0.25) is 5.91 Å². The van der Waals surface area contributed by atoms with Crippen molar-refractivity contribution in [1.82, 2.24) is 5.48 Å². The number of rotatable bonds is 7. The Kier molecular flexibility index (Phi) is 8.14. The maximum absolute atomic E-state index is 10.8. The van der Waals surface area contributed by atoms with Crippen LogP contribution in [0.5, 0.6) is 0 Å². The molecule has 0 fully saturated rings. The predicted octanol–water partition coefficient (Wildman–Crippen LogP) is 1.52. The Morgan fingerprint density at radius 3 is 2.57 bits per heavy atom. The van der Waals surface area contributed by atoms with Gasteiger partial charge < -0.3 is 10.2 Å². The van der Waals surface area contributed by atoms with Crippen LogP contribution in [0.4, 0.5) is 0 Å². The van der Waals surface area contributed by atoms with Crippen molar-refractivity contribution in [2.45, 2.75) is 38.2 Å². The molecule has 0 aliphatic heterocycles. The van der Waals surface area contributed by atoms with E-state index in [1.165, 1.54) is 0 Å². The highest BCUT2D eigenvalue weighted by Crippen LogP contribution is 2.20. The van der Waals surface area contributed by atoms with Crippen molar-refractivity contribution in [2.24, 2.45) is 0 Å². The van der Waals surface area contributed by atoms with Crippen molar-refractivity contribution in [3.05, 3.63) is 35.4 Å². The summed E-state index contributed by atoms with van der Waals surface area (Å²) in [5, 5.41) is 27.0. The lowest BCUT2D eigenvalue weighted by Crippen LogP contribution is -2.17. The van der Waals surface area contributed by atoms with Crippen LogP contribution in [-0.2, 0) is 4.79 Å². The van der Waals surface area contributed by atoms with Crippen LogP contribution >= 0.6 is 0 Å². The summed E-state index contributed by atoms with van der Waals surface area (Å²) in [5.74, 6) is 5.35. The van der Waals surface area contributed by atoms with E-state index in [9.17, 15) is 9.90 Å². The van der Waals surface area contributed by atoms with Gasteiger partial charge in [-0.1, -0.05) is 30.4 Å². The molecular formula is C16H21NO4. The minimum Gasteiger partial charge on any atom is -0.395 e. The summed E-state index contributed by atoms with van der Waals surface area (Å²) in [5.41, 5.74) is 3.24. The first-order valence-electron chi connectivity index (χ1n) is 6.98. The maximum Gasteiger partial charge on any atom is 0.243 e. The molecule has 5 heteroatoms. The van der Waals surface area contributed by atoms with Crippen LogP contribution in [0.1, 0.15) is 49.3 Å². The zero-order valence-electron chi connectivity index (χ0n) is 11.9. The smallest absolute Gasteiger partial charge is 0.243 e. The molecule has 1 amide bonds. The lowest BCUT2D eigenvalue weighted by Gasteiger charge is -2.10. The quantitative estimate of drug-likeness (QED) is 0.265. The zero-order chi connectivity index (χ0) is 15.5. The Morgan fingerprint density at radius 1 is 1.24 bits per heavy atom. The molecule has 0 heterocycles. The fourth-order valence-corrected chi connectivity index (χ4v) is 1.85. The average molecular weight is 291 g/mol. The summed E-state index contributed by atoms with van der Waals surface area (Å²) < 4.78 is 0. The molecule has 5 nitrogen and oxygen atoms in total. The van der Waals surface area contributed by atoms with Gasteiger partial charge >= 0.3 is 0 Å². The molecule has 0 aliphatic carbocycles. The number of hydrogen-bond donors (Lipinski definition) is 4. The molecule has 1 aromatic rings. The molecule has 0 bridgehead atoms. The van der Waals surface area contributed by atoms with Crippen LogP contribution < -0.4 is 5.48 Å². The highest BCUT2D eigenvalue weighted by molar-refractivity contribution is 5.74. The molecule has 0 aliphatic rings. The normalized spacial score (nSPS) is 11.4. The lowest BCUT2D eigenvalue weighted by atomic mass is 10.0. The molecule has 21 heavy (non-hydrogen) atoms. The third-order valence-corrected chi connectivity index (χ3v) is 3.02. The molecule has 1 aromatic carbocycles. The Labute approximate surface area is 124 Å². The number of nitrogens with one attached hydrogen (secondary N) is 1. The number of hydrogen-bond acceptors (Lipinski definition) is 4. The Bertz CT molecular complexity index is 487. The first kappa shape index (κ1) is 17.2. The van der Waals surface area contributed by atoms with Gasteiger partial charge in [-0.2, -0.15) is 0 Å². The van der Waals surface area contributed by atoms with Crippen molar-refractivity contribution in [3.63, 3.8) is 0 Å². The molecular weight excluding hydrogens is 270 g/mol. The second-order valence-corrected chi connectivity index (χ2v) is 4.69. The van der Waals surface area contributed by atoms with E-state index in [1.807, 2.05) is 24.3 Å². The highest BCUT2D eigenvalue weighted by atomic mass is 16.5. The minimum atomic E-state index is -0.568. The average Bonchev–Trinajstić information content (AvgIpc) is 2.52. The van der Waals surface area contributed by atoms with Crippen LogP contribution in [0, 0.1) is 11.8 Å². The highest BCUT2D eigenvalue weighted by Gasteiger charge is 2.07. The number of aliphatic hydroxyl groups excluding tert-OH is 2. The second-order valence-electron chi connectivity index (χ2n) is 4.69. The summed E-state index contributed by atoms with van der Waals surface area (Å²) in [7, 11) is 0. The van der Waals surface area contributed by atoms with Gasteiger partial charge in [0.1, 0.15) is 0 Å². The summed E-state index contributed by atoms with van der Waals surface area (Å²) in [6, 6.07) is 7.33. The van der Waals surface area contributed by atoms with Gasteiger partial charge in [-0.25, -0.2) is 5.48 Å². The monoisotopic (exact) mass is 291 g/mol. The summed E-state index contributed by atoms with van der Waals surface area (Å²) >= 11 is 0. The fourth-order valence-electron chi connectivity index (χ4n) is 1.85. The summed E-state index contributed by atoms with van der Waals surface area (Å²) in [6.07, 6.45) is 2.02. The number of hydroxylamine groups is 1. The van der Waals surface area contributed by atoms with E-state index in [0.717, 1.165) is 11.1 Å². The van der Waals surface area contributed by atoms with Crippen molar-refractivity contribution < 1.29 is 20.2 Å². The van der Waals surface area contributed by atoms with Crippen molar-refractivity contribution in [2.75, 3.05) is 6.61 Å². The van der Waals surface area contributed by atoms with Crippen LogP contribution in [0.25, 0.3) is 0 Å². The molecule has 114 valence electrons. The predicted molar refractivity (Wildman–Crippen MR) is 78.4 cm³/mol. The Hall–Kier alpha value is -1.87. The maximum atomic E-state index is 10.8. The zero-order valence-corrected chi connectivity index (χ0v) is 11.9. The lowest BCUT2D eigenvalue weighted by molar-refractivity contribution is -0.129. The Balaban J connectivity index is 2.39. The Morgan fingerprint density at radius 2 is 1.95 bits per heavy atom. The molecule has 0 saturated carbocycles. The van der Waals surface area contributed by atoms with Gasteiger partial charge in [0.05, 0.1) is 12.7 Å². The first-order chi connectivity index (χ1) is 10.2. The van der Waals surface area contributed by atoms with Gasteiger partial charge in [0.15, 0.2) is 0 Å². The minimum absolute atomic E-state index is 0.0537. The largest absolute Gasteiger partial charge is 0.395 e.